The summed E-state index contributed by atoms with van der Waals surface area (Å²) in [4.78, 5) is 0. The van der Waals surface area contributed by atoms with Crippen LogP contribution in [0.1, 0.15) is 18.9 Å². The van der Waals surface area contributed by atoms with E-state index < -0.39 is 10.0 Å². The molecule has 1 unspecified atom stereocenters. The third-order valence-electron chi connectivity index (χ3n) is 2.81. The smallest absolute Gasteiger partial charge is 0.209 e. The van der Waals surface area contributed by atoms with Gasteiger partial charge in [0.1, 0.15) is 0 Å². The molecule has 0 aliphatic carbocycles. The van der Waals surface area contributed by atoms with Crippen molar-refractivity contribution < 1.29 is 17.9 Å². The van der Waals surface area contributed by atoms with E-state index >= 15 is 0 Å². The molecule has 0 aliphatic rings. The molecular weight excluding hydrogens is 280 g/mol. The molecule has 0 amide bonds. The lowest BCUT2D eigenvalue weighted by Gasteiger charge is -2.16. The van der Waals surface area contributed by atoms with Crippen LogP contribution in [0.15, 0.2) is 18.2 Å². The summed E-state index contributed by atoms with van der Waals surface area (Å²) >= 11 is 0. The second-order valence-electron chi connectivity index (χ2n) is 4.39. The second kappa shape index (κ2) is 7.12. The minimum absolute atomic E-state index is 0.123. The lowest BCUT2D eigenvalue weighted by Crippen LogP contribution is -2.26. The molecule has 0 bridgehead atoms. The van der Waals surface area contributed by atoms with Gasteiger partial charge in [-0.25, -0.2) is 13.6 Å². The SMILES string of the molecule is CCC(COc1ccc(C#N)cc1OC)CS(N)(=O)=O. The van der Waals surface area contributed by atoms with Crippen molar-refractivity contribution in [2.75, 3.05) is 19.5 Å². The minimum Gasteiger partial charge on any atom is -0.493 e. The predicted molar refractivity (Wildman–Crippen MR) is 75.0 cm³/mol. The van der Waals surface area contributed by atoms with Crippen LogP contribution in [-0.4, -0.2) is 27.9 Å². The zero-order valence-electron chi connectivity index (χ0n) is 11.5. The highest BCUT2D eigenvalue weighted by molar-refractivity contribution is 7.89. The number of nitrogens with two attached hydrogens (primary N) is 1. The van der Waals surface area contributed by atoms with Gasteiger partial charge in [-0.2, -0.15) is 5.26 Å². The van der Waals surface area contributed by atoms with Crippen LogP contribution < -0.4 is 14.6 Å². The third kappa shape index (κ3) is 5.07. The predicted octanol–water partition coefficient (Wildman–Crippen LogP) is 1.26. The van der Waals surface area contributed by atoms with Crippen molar-refractivity contribution in [2.24, 2.45) is 11.1 Å². The van der Waals surface area contributed by atoms with Crippen LogP contribution >= 0.6 is 0 Å². The van der Waals surface area contributed by atoms with Crippen molar-refractivity contribution in [3.8, 4) is 17.6 Å². The maximum atomic E-state index is 11.1. The highest BCUT2D eigenvalue weighted by atomic mass is 32.2. The van der Waals surface area contributed by atoms with Gasteiger partial charge in [0.15, 0.2) is 11.5 Å². The van der Waals surface area contributed by atoms with Gasteiger partial charge in [0.2, 0.25) is 10.0 Å². The summed E-state index contributed by atoms with van der Waals surface area (Å²) in [7, 11) is -2.04. The number of primary sulfonamides is 1. The fourth-order valence-corrected chi connectivity index (χ4v) is 2.67. The average Bonchev–Trinajstić information content (AvgIpc) is 2.41. The van der Waals surface area contributed by atoms with Crippen LogP contribution in [0, 0.1) is 17.2 Å². The molecule has 1 atom stereocenters. The Kier molecular flexibility index (Phi) is 5.80. The lowest BCUT2D eigenvalue weighted by molar-refractivity contribution is 0.245. The van der Waals surface area contributed by atoms with E-state index in [9.17, 15) is 8.42 Å². The summed E-state index contributed by atoms with van der Waals surface area (Å²) < 4.78 is 32.9. The van der Waals surface area contributed by atoms with Crippen LogP contribution in [0.4, 0.5) is 0 Å². The van der Waals surface area contributed by atoms with Crippen molar-refractivity contribution >= 4 is 10.0 Å². The van der Waals surface area contributed by atoms with E-state index in [1.165, 1.54) is 7.11 Å². The summed E-state index contributed by atoms with van der Waals surface area (Å²) in [5.41, 5.74) is 0.464. The highest BCUT2D eigenvalue weighted by Gasteiger charge is 2.16. The van der Waals surface area contributed by atoms with Gasteiger partial charge in [-0.3, -0.25) is 0 Å². The Morgan fingerprint density at radius 3 is 2.60 bits per heavy atom. The van der Waals surface area contributed by atoms with E-state index in [0.717, 1.165) is 0 Å². The Bertz CT molecular complexity index is 593. The van der Waals surface area contributed by atoms with Crippen molar-refractivity contribution in [3.63, 3.8) is 0 Å². The number of benzene rings is 1. The van der Waals surface area contributed by atoms with Crippen LogP contribution in [0.3, 0.4) is 0 Å². The Morgan fingerprint density at radius 1 is 1.40 bits per heavy atom. The first kappa shape index (κ1) is 16.3. The van der Waals surface area contributed by atoms with Gasteiger partial charge in [-0.05, 0) is 18.6 Å². The number of nitriles is 1. The summed E-state index contributed by atoms with van der Waals surface area (Å²) in [5.74, 6) is 0.599. The first-order chi connectivity index (χ1) is 9.39. The molecule has 6 nitrogen and oxygen atoms in total. The Balaban J connectivity index is 2.76. The Morgan fingerprint density at radius 2 is 2.10 bits per heavy atom. The zero-order chi connectivity index (χ0) is 15.2. The van der Waals surface area contributed by atoms with Gasteiger partial charge >= 0.3 is 0 Å². The van der Waals surface area contributed by atoms with Crippen LogP contribution in [0.25, 0.3) is 0 Å². The van der Waals surface area contributed by atoms with Gasteiger partial charge in [-0.15, -0.1) is 0 Å². The number of nitrogens with zero attached hydrogens (tertiary/aromatic N) is 1. The largest absolute Gasteiger partial charge is 0.493 e. The Hall–Kier alpha value is -1.78. The third-order valence-corrected chi connectivity index (χ3v) is 3.75. The Labute approximate surface area is 119 Å². The fourth-order valence-electron chi connectivity index (χ4n) is 1.68. The molecule has 110 valence electrons. The van der Waals surface area contributed by atoms with E-state index in [2.05, 4.69) is 0 Å². The molecule has 0 radical (unpaired) electrons. The summed E-state index contributed by atoms with van der Waals surface area (Å²) in [5, 5.41) is 13.8. The van der Waals surface area contributed by atoms with Crippen molar-refractivity contribution in [1.82, 2.24) is 0 Å². The number of hydrogen-bond donors (Lipinski definition) is 1. The molecule has 2 N–H and O–H groups in total. The summed E-state index contributed by atoms with van der Waals surface area (Å²) in [6.07, 6.45) is 0.634. The van der Waals surface area contributed by atoms with Crippen LogP contribution in [0.2, 0.25) is 0 Å². The summed E-state index contributed by atoms with van der Waals surface area (Å²) in [6, 6.07) is 6.81. The maximum Gasteiger partial charge on any atom is 0.209 e. The molecule has 0 aliphatic heterocycles. The number of rotatable bonds is 7. The van der Waals surface area contributed by atoms with Gasteiger partial charge < -0.3 is 9.47 Å². The van der Waals surface area contributed by atoms with Gasteiger partial charge in [0.05, 0.1) is 31.1 Å². The molecule has 1 aromatic carbocycles. The fraction of sp³-hybridized carbons (Fsp3) is 0.462. The van der Waals surface area contributed by atoms with E-state index in [4.69, 9.17) is 19.9 Å². The maximum absolute atomic E-state index is 11.1. The molecule has 0 spiro atoms. The van der Waals surface area contributed by atoms with E-state index in [0.29, 0.717) is 23.5 Å². The first-order valence-corrected chi connectivity index (χ1v) is 7.82. The van der Waals surface area contributed by atoms with E-state index in [1.807, 2.05) is 13.0 Å². The van der Waals surface area contributed by atoms with Gasteiger partial charge in [-0.1, -0.05) is 6.92 Å². The molecule has 1 rings (SSSR count). The molecule has 1 aromatic rings. The van der Waals surface area contributed by atoms with Crippen LogP contribution in [-0.2, 0) is 10.0 Å². The van der Waals surface area contributed by atoms with Crippen molar-refractivity contribution in [2.45, 2.75) is 13.3 Å². The number of methoxy groups -OCH3 is 1. The number of ether oxygens (including phenoxy) is 2. The molecular formula is C13H18N2O4S. The number of hydrogen-bond acceptors (Lipinski definition) is 5. The molecule has 0 aromatic heterocycles. The van der Waals surface area contributed by atoms with E-state index in [-0.39, 0.29) is 18.3 Å². The van der Waals surface area contributed by atoms with Crippen LogP contribution in [0.5, 0.6) is 11.5 Å². The molecule has 20 heavy (non-hydrogen) atoms. The quantitative estimate of drug-likeness (QED) is 0.816. The number of sulfonamides is 1. The van der Waals surface area contributed by atoms with E-state index in [1.54, 1.807) is 18.2 Å². The normalized spacial score (nSPS) is 12.5. The molecule has 7 heteroatoms. The second-order valence-corrected chi connectivity index (χ2v) is 6.05. The minimum atomic E-state index is -3.52. The molecule has 0 saturated carbocycles. The van der Waals surface area contributed by atoms with Gasteiger partial charge in [0, 0.05) is 12.0 Å². The summed E-state index contributed by atoms with van der Waals surface area (Å²) in [6.45, 7) is 2.09. The topological polar surface area (TPSA) is 102 Å². The standard InChI is InChI=1S/C13H18N2O4S/c1-3-10(9-20(15,16)17)8-19-12-5-4-11(7-14)6-13(12)18-2/h4-6,10H,3,8-9H2,1-2H3,(H2,15,16,17). The zero-order valence-corrected chi connectivity index (χ0v) is 12.3. The van der Waals surface area contributed by atoms with Crippen molar-refractivity contribution in [3.05, 3.63) is 23.8 Å². The highest BCUT2D eigenvalue weighted by Crippen LogP contribution is 2.28. The molecule has 0 heterocycles. The molecule has 0 fully saturated rings. The monoisotopic (exact) mass is 298 g/mol. The lowest BCUT2D eigenvalue weighted by atomic mass is 10.1. The first-order valence-electron chi connectivity index (χ1n) is 6.11. The average molecular weight is 298 g/mol. The molecule has 0 saturated heterocycles. The van der Waals surface area contributed by atoms with Crippen molar-refractivity contribution in [1.29, 1.82) is 5.26 Å². The van der Waals surface area contributed by atoms with Gasteiger partial charge in [0.25, 0.3) is 0 Å².